The number of aliphatic carboxylic acids is 3. The van der Waals surface area contributed by atoms with Gasteiger partial charge in [0.1, 0.15) is 0 Å². The lowest BCUT2D eigenvalue weighted by atomic mass is 10.0. The van der Waals surface area contributed by atoms with Crippen molar-refractivity contribution in [1.82, 2.24) is 0 Å². The largest absolute Gasteiger partial charge is 0.481 e. The van der Waals surface area contributed by atoms with Gasteiger partial charge in [-0.05, 0) is 25.7 Å². The number of carbonyl (C=O) groups is 3. The van der Waals surface area contributed by atoms with Crippen LogP contribution in [-0.4, -0.2) is 63.9 Å². The van der Waals surface area contributed by atoms with Gasteiger partial charge in [0.05, 0.1) is 43.9 Å². The molecule has 0 aromatic heterocycles. The maximum Gasteiger partial charge on any atom is 0.306 e. The van der Waals surface area contributed by atoms with Crippen molar-refractivity contribution >= 4 is 17.9 Å². The molecule has 0 rings (SSSR count). The molecule has 0 aliphatic carbocycles. The van der Waals surface area contributed by atoms with Crippen molar-refractivity contribution in [2.45, 2.75) is 124 Å². The van der Waals surface area contributed by atoms with Crippen LogP contribution in [0.25, 0.3) is 0 Å². The highest BCUT2D eigenvalue weighted by Crippen LogP contribution is 2.22. The SMILES string of the molecule is C=CCCCCCCCCCCCCCC[N+](CCC(C)C(=O)O)(CCC(C)C(=O)O)CCC(C)C(=O)O. The van der Waals surface area contributed by atoms with Crippen LogP contribution in [-0.2, 0) is 14.4 Å². The Balaban J connectivity index is 4.74. The van der Waals surface area contributed by atoms with Crippen LogP contribution in [0.3, 0.4) is 0 Å². The average molecular weight is 541 g/mol. The molecule has 0 bridgehead atoms. The molecule has 0 aromatic rings. The van der Waals surface area contributed by atoms with Crippen LogP contribution in [0.1, 0.15) is 124 Å². The van der Waals surface area contributed by atoms with E-state index in [1.54, 1.807) is 20.8 Å². The van der Waals surface area contributed by atoms with E-state index in [1.165, 1.54) is 64.2 Å². The van der Waals surface area contributed by atoms with Gasteiger partial charge in [0.2, 0.25) is 0 Å². The molecule has 0 aromatic carbocycles. The standard InChI is InChI=1S/C31H57NO6/c1-5-6-7-8-9-10-11-12-13-14-15-16-17-18-22-32(23-19-26(2)29(33)34,24-20-27(3)30(35)36)25-21-28(4)31(37)38/h5,26-28H,1,6-25H2,2-4H3,(H2-,33,34,35,36,37,38)/p+1. The lowest BCUT2D eigenvalue weighted by Gasteiger charge is -2.40. The molecule has 3 N–H and O–H groups in total. The molecule has 0 fully saturated rings. The molecule has 0 radical (unpaired) electrons. The van der Waals surface area contributed by atoms with Gasteiger partial charge in [-0.15, -0.1) is 6.58 Å². The third-order valence-electron chi connectivity index (χ3n) is 8.16. The van der Waals surface area contributed by atoms with E-state index in [4.69, 9.17) is 0 Å². The summed E-state index contributed by atoms with van der Waals surface area (Å²) in [6.45, 7) is 11.7. The number of rotatable bonds is 27. The molecule has 3 atom stereocenters. The molecule has 0 saturated heterocycles. The topological polar surface area (TPSA) is 112 Å². The van der Waals surface area contributed by atoms with Gasteiger partial charge in [-0.2, -0.15) is 0 Å². The van der Waals surface area contributed by atoms with E-state index in [2.05, 4.69) is 6.58 Å². The zero-order chi connectivity index (χ0) is 28.8. The number of carboxylic acids is 3. The molecule has 0 spiro atoms. The van der Waals surface area contributed by atoms with Crippen molar-refractivity contribution in [1.29, 1.82) is 0 Å². The predicted molar refractivity (Wildman–Crippen MR) is 154 cm³/mol. The summed E-state index contributed by atoms with van der Waals surface area (Å²) in [6.07, 6.45) is 19.6. The first-order valence-corrected chi connectivity index (χ1v) is 15.2. The summed E-state index contributed by atoms with van der Waals surface area (Å²) < 4.78 is 0.611. The number of hydrogen-bond donors (Lipinski definition) is 3. The van der Waals surface area contributed by atoms with Crippen molar-refractivity contribution in [3.63, 3.8) is 0 Å². The van der Waals surface area contributed by atoms with E-state index in [0.29, 0.717) is 43.4 Å². The third kappa shape index (κ3) is 18.4. The van der Waals surface area contributed by atoms with Crippen LogP contribution in [0.5, 0.6) is 0 Å². The normalized spacial score (nSPS) is 15.3. The smallest absolute Gasteiger partial charge is 0.306 e. The van der Waals surface area contributed by atoms with Crippen molar-refractivity contribution in [3.05, 3.63) is 12.7 Å². The van der Waals surface area contributed by atoms with Crippen molar-refractivity contribution in [2.24, 2.45) is 17.8 Å². The van der Waals surface area contributed by atoms with Crippen molar-refractivity contribution < 1.29 is 34.2 Å². The molecule has 0 aliphatic heterocycles. The quantitative estimate of drug-likeness (QED) is 0.0569. The Kier molecular flexibility index (Phi) is 20.9. The number of quaternary nitrogens is 1. The van der Waals surface area contributed by atoms with Gasteiger partial charge in [0.15, 0.2) is 0 Å². The lowest BCUT2D eigenvalue weighted by Crippen LogP contribution is -2.52. The molecule has 222 valence electrons. The van der Waals surface area contributed by atoms with Gasteiger partial charge in [-0.3, -0.25) is 14.4 Å². The summed E-state index contributed by atoms with van der Waals surface area (Å²) in [5, 5.41) is 28.2. The second-order valence-electron chi connectivity index (χ2n) is 11.6. The fourth-order valence-corrected chi connectivity index (χ4v) is 4.95. The Morgan fingerprint density at radius 3 is 1.13 bits per heavy atom. The maximum atomic E-state index is 11.5. The molecular formula is C31H58NO6+. The second kappa shape index (κ2) is 22.0. The van der Waals surface area contributed by atoms with Crippen molar-refractivity contribution in [3.8, 4) is 0 Å². The molecule has 38 heavy (non-hydrogen) atoms. The molecule has 3 unspecified atom stereocenters. The summed E-state index contributed by atoms with van der Waals surface area (Å²) in [5.74, 6) is -3.91. The van der Waals surface area contributed by atoms with Gasteiger partial charge in [-0.25, -0.2) is 0 Å². The molecular weight excluding hydrogens is 482 g/mol. The van der Waals surface area contributed by atoms with E-state index in [1.807, 2.05) is 6.08 Å². The molecule has 7 nitrogen and oxygen atoms in total. The average Bonchev–Trinajstić information content (AvgIpc) is 2.88. The van der Waals surface area contributed by atoms with Gasteiger partial charge < -0.3 is 19.8 Å². The minimum atomic E-state index is -0.825. The first-order valence-electron chi connectivity index (χ1n) is 15.2. The van der Waals surface area contributed by atoms with E-state index in [0.717, 1.165) is 25.8 Å². The summed E-state index contributed by atoms with van der Waals surface area (Å²) in [5.41, 5.74) is 0. The first kappa shape index (κ1) is 36.1. The summed E-state index contributed by atoms with van der Waals surface area (Å²) in [6, 6.07) is 0. The van der Waals surface area contributed by atoms with E-state index >= 15 is 0 Å². The first-order chi connectivity index (χ1) is 18.0. The number of carboxylic acid groups (broad SMARTS) is 3. The Labute approximate surface area is 232 Å². The highest BCUT2D eigenvalue weighted by molar-refractivity contribution is 5.70. The molecule has 0 saturated carbocycles. The number of nitrogens with zero attached hydrogens (tertiary/aromatic N) is 1. The predicted octanol–water partition coefficient (Wildman–Crippen LogP) is 7.39. The van der Waals surface area contributed by atoms with Crippen LogP contribution in [0, 0.1) is 17.8 Å². The number of unbranched alkanes of at least 4 members (excludes halogenated alkanes) is 12. The van der Waals surface area contributed by atoms with E-state index in [-0.39, 0.29) is 0 Å². The highest BCUT2D eigenvalue weighted by atomic mass is 16.4. The van der Waals surface area contributed by atoms with Crippen LogP contribution < -0.4 is 0 Å². The van der Waals surface area contributed by atoms with Crippen molar-refractivity contribution in [2.75, 3.05) is 26.2 Å². The zero-order valence-corrected chi connectivity index (χ0v) is 24.7. The molecule has 0 heterocycles. The van der Waals surface area contributed by atoms with E-state index in [9.17, 15) is 29.7 Å². The zero-order valence-electron chi connectivity index (χ0n) is 24.7. The van der Waals surface area contributed by atoms with Crippen LogP contribution in [0.2, 0.25) is 0 Å². The molecule has 7 heteroatoms. The van der Waals surface area contributed by atoms with Gasteiger partial charge in [0, 0.05) is 19.3 Å². The van der Waals surface area contributed by atoms with Gasteiger partial charge >= 0.3 is 17.9 Å². The minimum Gasteiger partial charge on any atom is -0.481 e. The van der Waals surface area contributed by atoms with Crippen LogP contribution >= 0.6 is 0 Å². The highest BCUT2D eigenvalue weighted by Gasteiger charge is 2.31. The Morgan fingerprint density at radius 1 is 0.553 bits per heavy atom. The van der Waals surface area contributed by atoms with Gasteiger partial charge in [0.25, 0.3) is 0 Å². The van der Waals surface area contributed by atoms with E-state index < -0.39 is 35.7 Å². The fourth-order valence-electron chi connectivity index (χ4n) is 4.95. The summed E-state index contributed by atoms with van der Waals surface area (Å²) >= 11 is 0. The van der Waals surface area contributed by atoms with Crippen LogP contribution in [0.4, 0.5) is 0 Å². The second-order valence-corrected chi connectivity index (χ2v) is 11.6. The summed E-state index contributed by atoms with van der Waals surface area (Å²) in [7, 11) is 0. The molecule has 0 amide bonds. The summed E-state index contributed by atoms with van der Waals surface area (Å²) in [4.78, 5) is 34.4. The Bertz CT molecular complexity index is 605. The maximum absolute atomic E-state index is 11.5. The Morgan fingerprint density at radius 2 is 0.842 bits per heavy atom. The Hall–Kier alpha value is -1.89. The number of hydrogen-bond acceptors (Lipinski definition) is 3. The van der Waals surface area contributed by atoms with Gasteiger partial charge in [-0.1, -0.05) is 84.6 Å². The number of allylic oxidation sites excluding steroid dienone is 1. The van der Waals surface area contributed by atoms with Crippen LogP contribution in [0.15, 0.2) is 12.7 Å². The fraction of sp³-hybridized carbons (Fsp3) is 0.839. The minimum absolute atomic E-state index is 0.478. The lowest BCUT2D eigenvalue weighted by molar-refractivity contribution is -0.929. The third-order valence-corrected chi connectivity index (χ3v) is 8.16. The monoisotopic (exact) mass is 540 g/mol. The molecule has 0 aliphatic rings.